The van der Waals surface area contributed by atoms with Crippen LogP contribution in [0.15, 0.2) is 59.3 Å². The van der Waals surface area contributed by atoms with Gasteiger partial charge in [-0.2, -0.15) is 20.0 Å². The van der Waals surface area contributed by atoms with E-state index in [9.17, 15) is 9.18 Å². The molecule has 4 aromatic rings. The van der Waals surface area contributed by atoms with Gasteiger partial charge in [0.2, 0.25) is 0 Å². The normalized spacial score (nSPS) is 19.0. The van der Waals surface area contributed by atoms with E-state index in [1.165, 1.54) is 29.3 Å². The quantitative estimate of drug-likeness (QED) is 0.500. The highest BCUT2D eigenvalue weighted by atomic mass is 19.1. The van der Waals surface area contributed by atoms with Gasteiger partial charge in [0, 0.05) is 6.54 Å². The van der Waals surface area contributed by atoms with E-state index in [1.807, 2.05) is 31.2 Å². The smallest absolute Gasteiger partial charge is 0.394 e. The topological polar surface area (TPSA) is 86.3 Å². The molecule has 1 fully saturated rings. The third-order valence-electron chi connectivity index (χ3n) is 5.54. The number of likely N-dealkylation sites (tertiary alicyclic amines) is 1. The monoisotopic (exact) mass is 421 g/mol. The number of nitrogens with zero attached hydrogens (tertiary/aromatic N) is 5. The van der Waals surface area contributed by atoms with Gasteiger partial charge < -0.3 is 14.1 Å². The van der Waals surface area contributed by atoms with Gasteiger partial charge in [-0.3, -0.25) is 4.79 Å². The van der Waals surface area contributed by atoms with Crippen molar-refractivity contribution in [1.82, 2.24) is 24.9 Å². The molecule has 158 valence electrons. The van der Waals surface area contributed by atoms with E-state index in [2.05, 4.69) is 15.2 Å². The summed E-state index contributed by atoms with van der Waals surface area (Å²) in [6.07, 6.45) is 4.24. The Morgan fingerprint density at radius 2 is 1.97 bits per heavy atom. The number of hydrogen-bond donors (Lipinski definition) is 0. The Kier molecular flexibility index (Phi) is 4.85. The van der Waals surface area contributed by atoms with Gasteiger partial charge in [-0.05, 0) is 44.0 Å². The Bertz CT molecular complexity index is 1190. The Labute approximate surface area is 177 Å². The first-order valence-corrected chi connectivity index (χ1v) is 10.1. The van der Waals surface area contributed by atoms with Crippen molar-refractivity contribution < 1.29 is 18.3 Å². The average Bonchev–Trinajstić information content (AvgIpc) is 3.44. The van der Waals surface area contributed by atoms with Crippen LogP contribution >= 0.6 is 0 Å². The summed E-state index contributed by atoms with van der Waals surface area (Å²) in [5, 5.41) is 8.10. The molecule has 2 aromatic carbocycles. The van der Waals surface area contributed by atoms with Gasteiger partial charge in [-0.1, -0.05) is 18.2 Å². The molecule has 2 atom stereocenters. The van der Waals surface area contributed by atoms with Gasteiger partial charge in [0.25, 0.3) is 5.91 Å². The maximum absolute atomic E-state index is 14.8. The van der Waals surface area contributed by atoms with Crippen molar-refractivity contribution >= 4 is 17.0 Å². The molecule has 2 unspecified atom stereocenters. The molecule has 0 N–H and O–H groups in total. The molecule has 31 heavy (non-hydrogen) atoms. The predicted octanol–water partition coefficient (Wildman–Crippen LogP) is 3.62. The zero-order valence-electron chi connectivity index (χ0n) is 16.8. The second-order valence-electron chi connectivity index (χ2n) is 7.44. The number of aromatic nitrogens is 4. The molecular weight excluding hydrogens is 401 g/mol. The fourth-order valence-electron chi connectivity index (χ4n) is 3.96. The minimum Gasteiger partial charge on any atom is -0.445 e. The molecule has 0 spiro atoms. The van der Waals surface area contributed by atoms with E-state index in [1.54, 1.807) is 11.0 Å². The molecular formula is C22H20FN5O3. The zero-order chi connectivity index (χ0) is 21.4. The summed E-state index contributed by atoms with van der Waals surface area (Å²) >= 11 is 0. The van der Waals surface area contributed by atoms with Crippen molar-refractivity contribution in [3.05, 3.63) is 66.2 Å². The molecule has 1 amide bonds. The highest BCUT2D eigenvalue weighted by Gasteiger charge is 2.36. The first-order valence-electron chi connectivity index (χ1n) is 10.1. The molecule has 1 aliphatic heterocycles. The molecule has 9 heteroatoms. The molecule has 0 aliphatic carbocycles. The minimum atomic E-state index is -0.617. The number of carbonyl (C=O) groups excluding carboxylic acids is 1. The summed E-state index contributed by atoms with van der Waals surface area (Å²) < 4.78 is 26.4. The Morgan fingerprint density at radius 1 is 1.16 bits per heavy atom. The number of piperidine rings is 1. The van der Waals surface area contributed by atoms with Crippen LogP contribution in [0.3, 0.4) is 0 Å². The second kappa shape index (κ2) is 7.82. The van der Waals surface area contributed by atoms with Gasteiger partial charge in [0.05, 0.1) is 18.4 Å². The molecule has 0 radical (unpaired) electrons. The van der Waals surface area contributed by atoms with E-state index >= 15 is 0 Å². The number of halogens is 1. The lowest BCUT2D eigenvalue weighted by Crippen LogP contribution is -2.51. The number of fused-ring (bicyclic) bond motifs is 1. The SMILES string of the molecule is CC1C(Oc2nc3ccccc3o2)CCCN1C(=O)c1c(F)cccc1-n1nccn1. The molecule has 5 rings (SSSR count). The molecule has 1 saturated heterocycles. The Hall–Kier alpha value is -3.75. The third-order valence-corrected chi connectivity index (χ3v) is 5.54. The largest absolute Gasteiger partial charge is 0.445 e. The number of carbonyl (C=O) groups is 1. The van der Waals surface area contributed by atoms with Crippen molar-refractivity contribution in [1.29, 1.82) is 0 Å². The number of para-hydroxylation sites is 2. The van der Waals surface area contributed by atoms with E-state index in [0.717, 1.165) is 6.42 Å². The van der Waals surface area contributed by atoms with Gasteiger partial charge in [0.15, 0.2) is 5.58 Å². The number of oxazole rings is 1. The number of benzene rings is 2. The average molecular weight is 421 g/mol. The van der Waals surface area contributed by atoms with Crippen LogP contribution in [-0.2, 0) is 0 Å². The minimum absolute atomic E-state index is 0.0620. The van der Waals surface area contributed by atoms with Crippen molar-refractivity contribution in [3.63, 3.8) is 0 Å². The summed E-state index contributed by atoms with van der Waals surface area (Å²) in [5.74, 6) is -1.04. The third kappa shape index (κ3) is 3.52. The number of hydrogen-bond acceptors (Lipinski definition) is 6. The second-order valence-corrected chi connectivity index (χ2v) is 7.44. The molecule has 8 nitrogen and oxygen atoms in total. The fraction of sp³-hybridized carbons (Fsp3) is 0.273. The lowest BCUT2D eigenvalue weighted by Gasteiger charge is -2.38. The summed E-state index contributed by atoms with van der Waals surface area (Å²) in [6.45, 7) is 2.38. The zero-order valence-corrected chi connectivity index (χ0v) is 16.8. The molecule has 0 saturated carbocycles. The number of rotatable bonds is 4. The first-order chi connectivity index (χ1) is 15.1. The maximum Gasteiger partial charge on any atom is 0.394 e. The van der Waals surface area contributed by atoms with Gasteiger partial charge in [0.1, 0.15) is 28.7 Å². The summed E-state index contributed by atoms with van der Waals surface area (Å²) in [7, 11) is 0. The predicted molar refractivity (Wildman–Crippen MR) is 109 cm³/mol. The van der Waals surface area contributed by atoms with Gasteiger partial charge in [-0.15, -0.1) is 0 Å². The summed E-state index contributed by atoms with van der Waals surface area (Å²) in [5.41, 5.74) is 1.57. The van der Waals surface area contributed by atoms with Crippen LogP contribution in [0.1, 0.15) is 30.1 Å². The number of ether oxygens (including phenoxy) is 1. The van der Waals surface area contributed by atoms with Gasteiger partial charge in [-0.25, -0.2) is 4.39 Å². The van der Waals surface area contributed by atoms with E-state index in [-0.39, 0.29) is 23.8 Å². The highest BCUT2D eigenvalue weighted by Crippen LogP contribution is 2.28. The maximum atomic E-state index is 14.8. The van der Waals surface area contributed by atoms with Crippen molar-refractivity contribution in [2.45, 2.75) is 31.9 Å². The van der Waals surface area contributed by atoms with Gasteiger partial charge >= 0.3 is 6.08 Å². The first kappa shape index (κ1) is 19.2. The van der Waals surface area contributed by atoms with Crippen LogP contribution in [0.2, 0.25) is 0 Å². The fourth-order valence-corrected chi connectivity index (χ4v) is 3.96. The summed E-state index contributed by atoms with van der Waals surface area (Å²) in [4.78, 5) is 20.6. The van der Waals surface area contributed by atoms with E-state index in [4.69, 9.17) is 9.15 Å². The van der Waals surface area contributed by atoms with Crippen LogP contribution in [-0.4, -0.2) is 49.5 Å². The van der Waals surface area contributed by atoms with E-state index in [0.29, 0.717) is 29.8 Å². The van der Waals surface area contributed by atoms with E-state index < -0.39 is 11.7 Å². The Balaban J connectivity index is 1.41. The molecule has 1 aliphatic rings. The lowest BCUT2D eigenvalue weighted by atomic mass is 9.98. The van der Waals surface area contributed by atoms with Crippen LogP contribution in [0.4, 0.5) is 4.39 Å². The molecule has 0 bridgehead atoms. The standard InChI is InChI=1S/C22H20FN5O3/c1-14-18(30-22-26-16-7-2-3-9-19(16)31-22)10-5-13-27(14)21(29)20-15(23)6-4-8-17(20)28-24-11-12-25-28/h2-4,6-9,11-12,14,18H,5,10,13H2,1H3. The lowest BCUT2D eigenvalue weighted by molar-refractivity contribution is 0.0177. The number of amides is 1. The van der Waals surface area contributed by atoms with Crippen LogP contribution in [0.5, 0.6) is 6.08 Å². The Morgan fingerprint density at radius 3 is 2.77 bits per heavy atom. The van der Waals surface area contributed by atoms with Crippen LogP contribution in [0.25, 0.3) is 16.8 Å². The highest BCUT2D eigenvalue weighted by molar-refractivity contribution is 5.98. The van der Waals surface area contributed by atoms with Crippen LogP contribution < -0.4 is 4.74 Å². The molecule has 3 heterocycles. The summed E-state index contributed by atoms with van der Waals surface area (Å²) in [6, 6.07) is 11.5. The molecule has 2 aromatic heterocycles. The van der Waals surface area contributed by atoms with Crippen molar-refractivity contribution in [2.24, 2.45) is 0 Å². The van der Waals surface area contributed by atoms with Crippen LogP contribution in [0, 0.1) is 5.82 Å². The van der Waals surface area contributed by atoms with Crippen molar-refractivity contribution in [3.8, 4) is 11.8 Å². The van der Waals surface area contributed by atoms with Crippen molar-refractivity contribution in [2.75, 3.05) is 6.54 Å².